The molecule has 0 radical (unpaired) electrons. The molecule has 26 heavy (non-hydrogen) atoms. The minimum Gasteiger partial charge on any atom is -0.467 e. The summed E-state index contributed by atoms with van der Waals surface area (Å²) in [7, 11) is 1.65. The number of hydrogen-bond acceptors (Lipinski definition) is 6. The topological polar surface area (TPSA) is 85.4 Å². The van der Waals surface area contributed by atoms with Crippen LogP contribution in [0.3, 0.4) is 0 Å². The van der Waals surface area contributed by atoms with E-state index in [4.69, 9.17) is 9.15 Å². The lowest BCUT2D eigenvalue weighted by Crippen LogP contribution is -2.57. The number of aromatic nitrogens is 3. The molecule has 140 valence electrons. The highest BCUT2D eigenvalue weighted by atomic mass is 16.5. The number of fused-ring (bicyclic) bond motifs is 3. The summed E-state index contributed by atoms with van der Waals surface area (Å²) >= 11 is 0. The van der Waals surface area contributed by atoms with Gasteiger partial charge < -0.3 is 14.5 Å². The summed E-state index contributed by atoms with van der Waals surface area (Å²) in [6, 6.07) is 4.13. The zero-order chi connectivity index (χ0) is 17.9. The number of piperidine rings is 3. The van der Waals surface area contributed by atoms with Crippen LogP contribution in [-0.4, -0.2) is 52.0 Å². The van der Waals surface area contributed by atoms with Gasteiger partial charge in [-0.3, -0.25) is 14.4 Å². The van der Waals surface area contributed by atoms with Gasteiger partial charge in [-0.1, -0.05) is 5.21 Å². The monoisotopic (exact) mass is 359 g/mol. The fourth-order valence-corrected chi connectivity index (χ4v) is 4.20. The van der Waals surface area contributed by atoms with E-state index in [0.717, 1.165) is 43.9 Å². The van der Waals surface area contributed by atoms with E-state index in [0.29, 0.717) is 25.1 Å². The highest BCUT2D eigenvalue weighted by molar-refractivity contribution is 5.79. The van der Waals surface area contributed by atoms with Crippen LogP contribution >= 0.6 is 0 Å². The summed E-state index contributed by atoms with van der Waals surface area (Å²) in [5.41, 5.74) is 0.846. The maximum Gasteiger partial charge on any atom is 0.225 e. The minimum atomic E-state index is 0.0646. The first-order valence-corrected chi connectivity index (χ1v) is 9.15. The van der Waals surface area contributed by atoms with Crippen molar-refractivity contribution in [2.24, 2.45) is 11.8 Å². The summed E-state index contributed by atoms with van der Waals surface area (Å²) in [5, 5.41) is 11.3. The molecule has 3 fully saturated rings. The molecule has 5 rings (SSSR count). The molecule has 0 aliphatic carbocycles. The molecule has 8 nitrogen and oxygen atoms in total. The number of nitrogens with one attached hydrogen (secondary N) is 1. The van der Waals surface area contributed by atoms with Gasteiger partial charge in [0.1, 0.15) is 11.5 Å². The molecule has 3 saturated heterocycles. The van der Waals surface area contributed by atoms with E-state index in [9.17, 15) is 4.79 Å². The third kappa shape index (κ3) is 3.66. The Morgan fingerprint density at radius 2 is 2.42 bits per heavy atom. The molecule has 3 aliphatic rings. The first kappa shape index (κ1) is 17.2. The third-order valence-corrected chi connectivity index (χ3v) is 5.51. The molecular weight excluding hydrogens is 334 g/mol. The Morgan fingerprint density at radius 3 is 3.15 bits per heavy atom. The van der Waals surface area contributed by atoms with Crippen LogP contribution in [-0.2, 0) is 29.2 Å². The van der Waals surface area contributed by atoms with Gasteiger partial charge in [-0.05, 0) is 37.4 Å². The summed E-state index contributed by atoms with van der Waals surface area (Å²) in [6.07, 6.45) is 5.68. The van der Waals surface area contributed by atoms with Crippen molar-refractivity contribution in [3.8, 4) is 0 Å². The van der Waals surface area contributed by atoms with Crippen molar-refractivity contribution in [2.45, 2.75) is 38.6 Å². The van der Waals surface area contributed by atoms with Crippen LogP contribution in [0.15, 0.2) is 29.0 Å². The summed E-state index contributed by atoms with van der Waals surface area (Å²) in [5.74, 6) is 1.42. The normalized spacial score (nSPS) is 27.6. The van der Waals surface area contributed by atoms with Crippen molar-refractivity contribution in [1.82, 2.24) is 25.2 Å². The fraction of sp³-hybridized carbons (Fsp3) is 0.611. The number of rotatable bonds is 7. The molecular formula is C18H25N5O3. The number of nitrogens with zero attached hydrogens (tertiary/aromatic N) is 4. The van der Waals surface area contributed by atoms with Crippen molar-refractivity contribution in [2.75, 3.05) is 20.2 Å². The number of methoxy groups -OCH3 is 1. The van der Waals surface area contributed by atoms with Gasteiger partial charge in [0.05, 0.1) is 38.1 Å². The number of carbonyl (C=O) groups excluding carboxylic acids is 1. The predicted molar refractivity (Wildman–Crippen MR) is 92.9 cm³/mol. The number of ether oxygens (including phenoxy) is 1. The Kier molecular flexibility index (Phi) is 5.03. The molecule has 1 N–H and O–H groups in total. The molecule has 2 aromatic heterocycles. The van der Waals surface area contributed by atoms with Crippen LogP contribution < -0.4 is 5.32 Å². The molecule has 2 bridgehead atoms. The molecule has 4 atom stereocenters. The van der Waals surface area contributed by atoms with Crippen LogP contribution in [0.25, 0.3) is 0 Å². The van der Waals surface area contributed by atoms with Crippen molar-refractivity contribution < 1.29 is 13.9 Å². The molecule has 0 saturated carbocycles. The quantitative estimate of drug-likeness (QED) is 0.795. The van der Waals surface area contributed by atoms with Crippen molar-refractivity contribution >= 4 is 5.91 Å². The first-order chi connectivity index (χ1) is 12.7. The highest BCUT2D eigenvalue weighted by Crippen LogP contribution is 2.36. The second kappa shape index (κ2) is 7.59. The maximum absolute atomic E-state index is 12.6. The zero-order valence-corrected chi connectivity index (χ0v) is 15.0. The zero-order valence-electron chi connectivity index (χ0n) is 15.0. The summed E-state index contributed by atoms with van der Waals surface area (Å²) in [6.45, 7) is 3.62. The van der Waals surface area contributed by atoms with E-state index in [1.54, 1.807) is 13.4 Å². The highest BCUT2D eigenvalue weighted by Gasteiger charge is 2.43. The summed E-state index contributed by atoms with van der Waals surface area (Å²) < 4.78 is 12.3. The van der Waals surface area contributed by atoms with Crippen LogP contribution in [0.1, 0.15) is 24.3 Å². The Morgan fingerprint density at radius 1 is 1.50 bits per heavy atom. The van der Waals surface area contributed by atoms with Gasteiger partial charge >= 0.3 is 0 Å². The lowest BCUT2D eigenvalue weighted by Gasteiger charge is -2.49. The second-order valence-corrected chi connectivity index (χ2v) is 7.20. The Balaban J connectivity index is 1.32. The third-order valence-electron chi connectivity index (χ3n) is 5.51. The average Bonchev–Trinajstić information content (AvgIpc) is 3.33. The predicted octanol–water partition coefficient (Wildman–Crippen LogP) is 1.04. The average molecular weight is 359 g/mol. The second-order valence-electron chi connectivity index (χ2n) is 7.20. The maximum atomic E-state index is 12.6. The van der Waals surface area contributed by atoms with Gasteiger partial charge in [0, 0.05) is 19.7 Å². The van der Waals surface area contributed by atoms with E-state index in [-0.39, 0.29) is 11.8 Å². The van der Waals surface area contributed by atoms with Gasteiger partial charge in [-0.15, -0.1) is 5.10 Å². The Labute approximate surface area is 152 Å². The van der Waals surface area contributed by atoms with Crippen LogP contribution in [0.2, 0.25) is 0 Å². The molecule has 0 aromatic carbocycles. The number of hydrogen-bond donors (Lipinski definition) is 1. The van der Waals surface area contributed by atoms with Gasteiger partial charge in [-0.25, -0.2) is 0 Å². The van der Waals surface area contributed by atoms with Crippen LogP contribution in [0.5, 0.6) is 0 Å². The standard InChI is InChI=1S/C18H25N5O3/c1-25-12-14-9-23(21-20-14)10-15-7-13-4-5-22(15)11-17(13)18(24)19-8-16-3-2-6-26-16/h2-3,6,9,13,15,17H,4-5,7-8,10-12H2,1H3,(H,19,24). The number of furan rings is 1. The first-order valence-electron chi connectivity index (χ1n) is 9.15. The SMILES string of the molecule is COCc1cn(CC2CC3CCN2CC3C(=O)NCc2ccco2)nn1. The number of carbonyl (C=O) groups is 1. The van der Waals surface area contributed by atoms with Crippen LogP contribution in [0.4, 0.5) is 0 Å². The van der Waals surface area contributed by atoms with Gasteiger partial charge in [-0.2, -0.15) is 0 Å². The van der Waals surface area contributed by atoms with Crippen molar-refractivity contribution in [1.29, 1.82) is 0 Å². The van der Waals surface area contributed by atoms with Crippen LogP contribution in [0, 0.1) is 11.8 Å². The smallest absolute Gasteiger partial charge is 0.225 e. The van der Waals surface area contributed by atoms with E-state index in [2.05, 4.69) is 20.5 Å². The van der Waals surface area contributed by atoms with Gasteiger partial charge in [0.25, 0.3) is 0 Å². The molecule has 1 amide bonds. The lowest BCUT2D eigenvalue weighted by molar-refractivity contribution is -0.133. The van der Waals surface area contributed by atoms with Crippen molar-refractivity contribution in [3.63, 3.8) is 0 Å². The fourth-order valence-electron chi connectivity index (χ4n) is 4.20. The number of amides is 1. The molecule has 3 aliphatic heterocycles. The largest absolute Gasteiger partial charge is 0.467 e. The van der Waals surface area contributed by atoms with Gasteiger partial charge in [0.15, 0.2) is 0 Å². The molecule has 0 spiro atoms. The van der Waals surface area contributed by atoms with Crippen molar-refractivity contribution in [3.05, 3.63) is 36.0 Å². The Hall–Kier alpha value is -2.19. The van der Waals surface area contributed by atoms with E-state index >= 15 is 0 Å². The molecule has 5 heterocycles. The summed E-state index contributed by atoms with van der Waals surface area (Å²) in [4.78, 5) is 15.0. The minimum absolute atomic E-state index is 0.0646. The molecule has 4 unspecified atom stereocenters. The lowest BCUT2D eigenvalue weighted by atomic mass is 9.75. The van der Waals surface area contributed by atoms with Gasteiger partial charge in [0.2, 0.25) is 5.91 Å². The Bertz CT molecular complexity index is 729. The molecule has 8 heteroatoms. The van der Waals surface area contributed by atoms with E-state index < -0.39 is 0 Å². The molecule has 2 aromatic rings. The van der Waals surface area contributed by atoms with E-state index in [1.807, 2.05) is 23.0 Å². The van der Waals surface area contributed by atoms with E-state index in [1.165, 1.54) is 0 Å².